The highest BCUT2D eigenvalue weighted by atomic mass is 35.5. The van der Waals surface area contributed by atoms with E-state index in [-0.39, 0.29) is 23.1 Å². The van der Waals surface area contributed by atoms with Crippen LogP contribution >= 0.6 is 23.2 Å². The van der Waals surface area contributed by atoms with E-state index < -0.39 is 0 Å². The highest BCUT2D eigenvalue weighted by Gasteiger charge is 2.32. The van der Waals surface area contributed by atoms with Gasteiger partial charge in [-0.1, -0.05) is 35.3 Å². The van der Waals surface area contributed by atoms with Crippen molar-refractivity contribution >= 4 is 45.6 Å². The minimum Gasteiger partial charge on any atom is -0.453 e. The average molecular weight is 490 g/mol. The number of halogens is 2. The van der Waals surface area contributed by atoms with Gasteiger partial charge in [-0.25, -0.2) is 0 Å². The molecule has 1 aromatic heterocycles. The second kappa shape index (κ2) is 8.86. The van der Waals surface area contributed by atoms with Crippen molar-refractivity contribution in [2.24, 2.45) is 0 Å². The number of H-pyrrole nitrogens is 1. The summed E-state index contributed by atoms with van der Waals surface area (Å²) in [6.45, 7) is 0.476. The van der Waals surface area contributed by atoms with Gasteiger partial charge in [0, 0.05) is 36.2 Å². The summed E-state index contributed by atoms with van der Waals surface area (Å²) < 4.78 is 5.94. The molecular formula is C26H17Cl2N3O3. The van der Waals surface area contributed by atoms with E-state index in [4.69, 9.17) is 27.9 Å². The number of benzene rings is 3. The van der Waals surface area contributed by atoms with Crippen LogP contribution in [0.2, 0.25) is 10.0 Å². The molecule has 1 aliphatic rings. The molecule has 8 heteroatoms. The minimum absolute atomic E-state index is 0.00974. The van der Waals surface area contributed by atoms with Crippen molar-refractivity contribution in [1.82, 2.24) is 4.98 Å². The molecule has 1 N–H and O–H groups in total. The zero-order valence-electron chi connectivity index (χ0n) is 17.7. The Hall–Kier alpha value is -3.79. The molecule has 1 aliphatic heterocycles. The number of hydrogen-bond donors (Lipinski definition) is 1. The summed E-state index contributed by atoms with van der Waals surface area (Å²) in [5.41, 5.74) is 1.76. The van der Waals surface area contributed by atoms with Gasteiger partial charge >= 0.3 is 0 Å². The molecule has 34 heavy (non-hydrogen) atoms. The van der Waals surface area contributed by atoms with Crippen molar-refractivity contribution in [3.8, 4) is 17.6 Å². The number of anilines is 1. The first-order valence-electron chi connectivity index (χ1n) is 10.5. The molecule has 2 heterocycles. The zero-order chi connectivity index (χ0) is 23.8. The second-order valence-corrected chi connectivity index (χ2v) is 8.82. The monoisotopic (exact) mass is 489 g/mol. The molecule has 1 saturated heterocycles. The number of hydrogen-bond acceptors (Lipinski definition) is 4. The Labute approximate surface area is 204 Å². The lowest BCUT2D eigenvalue weighted by Crippen LogP contribution is -2.24. The molecule has 0 aliphatic carbocycles. The molecular weight excluding hydrogens is 473 g/mol. The molecule has 5 rings (SSSR count). The summed E-state index contributed by atoms with van der Waals surface area (Å²) >= 11 is 12.6. The van der Waals surface area contributed by atoms with Gasteiger partial charge < -0.3 is 14.6 Å². The van der Waals surface area contributed by atoms with Crippen molar-refractivity contribution in [2.75, 3.05) is 11.4 Å². The quantitative estimate of drug-likeness (QED) is 0.379. The zero-order valence-corrected chi connectivity index (χ0v) is 19.2. The molecule has 0 bridgehead atoms. The van der Waals surface area contributed by atoms with Gasteiger partial charge in [-0.2, -0.15) is 5.26 Å². The van der Waals surface area contributed by atoms with Crippen molar-refractivity contribution in [3.05, 3.63) is 98.4 Å². The van der Waals surface area contributed by atoms with Crippen molar-refractivity contribution in [2.45, 2.75) is 12.3 Å². The molecule has 1 fully saturated rings. The van der Waals surface area contributed by atoms with Crippen molar-refractivity contribution < 1.29 is 9.53 Å². The van der Waals surface area contributed by atoms with Crippen LogP contribution in [0.4, 0.5) is 5.69 Å². The van der Waals surface area contributed by atoms with Gasteiger partial charge in [-0.3, -0.25) is 9.59 Å². The predicted octanol–water partition coefficient (Wildman–Crippen LogP) is 6.02. The normalized spacial score (nSPS) is 15.5. The lowest BCUT2D eigenvalue weighted by molar-refractivity contribution is -0.117. The fourth-order valence-electron chi connectivity index (χ4n) is 4.19. The smallest absolute Gasteiger partial charge is 0.255 e. The number of carbonyl (C=O) groups is 1. The molecule has 0 saturated carbocycles. The number of ether oxygens (including phenoxy) is 1. The standard InChI is InChI=1S/C26H17Cl2N3O3/c27-21-7-4-15(11-23(21)34-25-17(13-29)2-1-3-22(25)28)18-12-24(32)31(14-18)19-5-6-20-16(10-19)8-9-30-26(20)33/h1-11,18H,12,14H2,(H,30,33)/t18-/m0/s1. The first-order chi connectivity index (χ1) is 16.4. The number of rotatable bonds is 4. The maximum absolute atomic E-state index is 12.9. The molecule has 3 aromatic carbocycles. The molecule has 4 aromatic rings. The van der Waals surface area contributed by atoms with Crippen molar-refractivity contribution in [1.29, 1.82) is 5.26 Å². The minimum atomic E-state index is -0.165. The number of aromatic amines is 1. The number of aromatic nitrogens is 1. The molecule has 0 radical (unpaired) electrons. The number of para-hydroxylation sites is 1. The van der Waals surface area contributed by atoms with Crippen LogP contribution < -0.4 is 15.2 Å². The van der Waals surface area contributed by atoms with Gasteiger partial charge in [0.05, 0.1) is 15.6 Å². The Kier molecular flexibility index (Phi) is 5.74. The van der Waals surface area contributed by atoms with Gasteiger partial charge in [0.25, 0.3) is 5.56 Å². The third-order valence-electron chi connectivity index (χ3n) is 5.92. The number of amides is 1. The van der Waals surface area contributed by atoms with Gasteiger partial charge in [0.2, 0.25) is 5.91 Å². The summed E-state index contributed by atoms with van der Waals surface area (Å²) in [4.78, 5) is 29.2. The second-order valence-electron chi connectivity index (χ2n) is 8.00. The van der Waals surface area contributed by atoms with Gasteiger partial charge in [0.15, 0.2) is 5.75 Å². The molecule has 1 amide bonds. The van der Waals surface area contributed by atoms with E-state index in [1.54, 1.807) is 53.6 Å². The van der Waals surface area contributed by atoms with Crippen LogP contribution in [0.15, 0.2) is 71.7 Å². The van der Waals surface area contributed by atoms with Crippen LogP contribution in [-0.2, 0) is 4.79 Å². The van der Waals surface area contributed by atoms with Gasteiger partial charge in [-0.15, -0.1) is 0 Å². The number of fused-ring (bicyclic) bond motifs is 1. The Morgan fingerprint density at radius 3 is 2.71 bits per heavy atom. The topological polar surface area (TPSA) is 86.2 Å². The largest absolute Gasteiger partial charge is 0.453 e. The van der Waals surface area contributed by atoms with Crippen LogP contribution in [0.3, 0.4) is 0 Å². The van der Waals surface area contributed by atoms with E-state index >= 15 is 0 Å². The number of carbonyl (C=O) groups excluding carboxylic acids is 1. The first kappa shape index (κ1) is 22.0. The lowest BCUT2D eigenvalue weighted by atomic mass is 9.98. The summed E-state index contributed by atoms with van der Waals surface area (Å²) in [7, 11) is 0. The fraction of sp³-hybridized carbons (Fsp3) is 0.115. The Balaban J connectivity index is 1.43. The Morgan fingerprint density at radius 1 is 1.03 bits per heavy atom. The van der Waals surface area contributed by atoms with Crippen LogP contribution in [0.25, 0.3) is 10.8 Å². The van der Waals surface area contributed by atoms with Crippen LogP contribution in [0, 0.1) is 11.3 Å². The number of nitrogens with zero attached hydrogens (tertiary/aromatic N) is 2. The van der Waals surface area contributed by atoms with Gasteiger partial charge in [0.1, 0.15) is 11.8 Å². The van der Waals surface area contributed by atoms with E-state index in [0.717, 1.165) is 16.6 Å². The van der Waals surface area contributed by atoms with Gasteiger partial charge in [-0.05, 0) is 59.5 Å². The van der Waals surface area contributed by atoms with E-state index in [1.807, 2.05) is 18.2 Å². The van der Waals surface area contributed by atoms with Crippen LogP contribution in [0.5, 0.6) is 11.5 Å². The van der Waals surface area contributed by atoms with E-state index in [9.17, 15) is 14.9 Å². The molecule has 168 valence electrons. The first-order valence-corrected chi connectivity index (χ1v) is 11.3. The molecule has 1 atom stereocenters. The molecule has 0 spiro atoms. The third kappa shape index (κ3) is 4.01. The maximum atomic E-state index is 12.9. The summed E-state index contributed by atoms with van der Waals surface area (Å²) in [5.74, 6) is 0.508. The molecule has 0 unspecified atom stereocenters. The number of nitrogens with one attached hydrogen (secondary N) is 1. The lowest BCUT2D eigenvalue weighted by Gasteiger charge is -2.18. The summed E-state index contributed by atoms with van der Waals surface area (Å²) in [6, 6.07) is 19.5. The average Bonchev–Trinajstić information content (AvgIpc) is 3.23. The Morgan fingerprint density at radius 2 is 1.88 bits per heavy atom. The van der Waals surface area contributed by atoms with Crippen LogP contribution in [0.1, 0.15) is 23.5 Å². The van der Waals surface area contributed by atoms with Crippen LogP contribution in [-0.4, -0.2) is 17.4 Å². The van der Waals surface area contributed by atoms with E-state index in [0.29, 0.717) is 39.7 Å². The summed E-state index contributed by atoms with van der Waals surface area (Å²) in [5, 5.41) is 11.4. The third-order valence-corrected chi connectivity index (χ3v) is 6.53. The van der Waals surface area contributed by atoms with Crippen molar-refractivity contribution in [3.63, 3.8) is 0 Å². The highest BCUT2D eigenvalue weighted by molar-refractivity contribution is 6.33. The van der Waals surface area contributed by atoms with E-state index in [2.05, 4.69) is 11.1 Å². The SMILES string of the molecule is N#Cc1cccc(Cl)c1Oc1cc([C@H]2CC(=O)N(c3ccc4c(=O)[nH]ccc4c3)C2)ccc1Cl. The molecule has 6 nitrogen and oxygen atoms in total. The van der Waals surface area contributed by atoms with E-state index in [1.165, 1.54) is 0 Å². The fourth-order valence-corrected chi connectivity index (χ4v) is 4.56. The predicted molar refractivity (Wildman–Crippen MR) is 132 cm³/mol. The summed E-state index contributed by atoms with van der Waals surface area (Å²) in [6.07, 6.45) is 1.92. The Bertz CT molecular complexity index is 1540. The highest BCUT2D eigenvalue weighted by Crippen LogP contribution is 2.39. The maximum Gasteiger partial charge on any atom is 0.255 e. The number of pyridine rings is 1. The number of nitriles is 1.